The van der Waals surface area contributed by atoms with Crippen molar-refractivity contribution >= 4 is 23.1 Å². The molecule has 0 radical (unpaired) electrons. The first kappa shape index (κ1) is 17.3. The Labute approximate surface area is 156 Å². The van der Waals surface area contributed by atoms with Crippen LogP contribution >= 0.6 is 0 Å². The van der Waals surface area contributed by atoms with E-state index in [2.05, 4.69) is 0 Å². The van der Waals surface area contributed by atoms with Gasteiger partial charge < -0.3 is 9.64 Å². The third kappa shape index (κ3) is 2.87. The van der Waals surface area contributed by atoms with Gasteiger partial charge in [0.15, 0.2) is 0 Å². The number of benzene rings is 2. The number of amides is 2. The van der Waals surface area contributed by atoms with Crippen LogP contribution in [0.2, 0.25) is 0 Å². The largest absolute Gasteiger partial charge is 0.496 e. The Bertz CT molecular complexity index is 948. The van der Waals surface area contributed by atoms with Gasteiger partial charge >= 0.3 is 0 Å². The second kappa shape index (κ2) is 6.87. The minimum absolute atomic E-state index is 0.228. The number of methoxy groups -OCH3 is 1. The second-order valence-electron chi connectivity index (χ2n) is 6.54. The monoisotopic (exact) mass is 366 g/mol. The van der Waals surface area contributed by atoms with Crippen LogP contribution in [0.5, 0.6) is 5.75 Å². The highest BCUT2D eigenvalue weighted by atomic mass is 19.1. The van der Waals surface area contributed by atoms with Crippen molar-refractivity contribution in [2.24, 2.45) is 0 Å². The smallest absolute Gasteiger partial charge is 0.282 e. The number of ether oxygens (including phenoxy) is 1. The Morgan fingerprint density at radius 3 is 2.41 bits per heavy atom. The number of para-hydroxylation sites is 1. The lowest BCUT2D eigenvalue weighted by Crippen LogP contribution is -2.34. The number of carbonyl (C=O) groups is 2. The molecule has 2 aromatic rings. The molecule has 1 saturated heterocycles. The molecule has 1 fully saturated rings. The lowest BCUT2D eigenvalue weighted by molar-refractivity contribution is -0.120. The third-order valence-corrected chi connectivity index (χ3v) is 4.92. The highest BCUT2D eigenvalue weighted by Crippen LogP contribution is 2.39. The van der Waals surface area contributed by atoms with Gasteiger partial charge in [-0.1, -0.05) is 24.3 Å². The number of hydrogen-bond donors (Lipinski definition) is 0. The molecule has 2 aromatic carbocycles. The predicted molar refractivity (Wildman–Crippen MR) is 99.6 cm³/mol. The van der Waals surface area contributed by atoms with Crippen LogP contribution in [-0.2, 0) is 9.59 Å². The molecule has 0 N–H and O–H groups in total. The van der Waals surface area contributed by atoms with Crippen LogP contribution in [0.15, 0.2) is 54.2 Å². The Morgan fingerprint density at radius 2 is 1.70 bits per heavy atom. The summed E-state index contributed by atoms with van der Waals surface area (Å²) in [6.45, 7) is 1.42. The summed E-state index contributed by atoms with van der Waals surface area (Å²) in [5.41, 5.74) is 1.47. The number of halogens is 1. The van der Waals surface area contributed by atoms with Gasteiger partial charge in [0, 0.05) is 18.7 Å². The summed E-state index contributed by atoms with van der Waals surface area (Å²) in [5.74, 6) is -0.863. The molecule has 2 aliphatic heterocycles. The molecule has 5 nitrogen and oxygen atoms in total. The number of anilines is 1. The maximum Gasteiger partial charge on any atom is 0.282 e. The van der Waals surface area contributed by atoms with Crippen molar-refractivity contribution in [2.45, 2.75) is 12.8 Å². The van der Waals surface area contributed by atoms with Crippen LogP contribution in [-0.4, -0.2) is 36.9 Å². The fraction of sp³-hybridized carbons (Fsp3) is 0.238. The Morgan fingerprint density at radius 1 is 0.963 bits per heavy atom. The van der Waals surface area contributed by atoms with Gasteiger partial charge in [0.25, 0.3) is 11.8 Å². The Hall–Kier alpha value is -3.15. The molecule has 2 amide bonds. The zero-order valence-electron chi connectivity index (χ0n) is 14.9. The van der Waals surface area contributed by atoms with Crippen LogP contribution in [0.25, 0.3) is 5.57 Å². The molecule has 6 heteroatoms. The number of rotatable bonds is 4. The lowest BCUT2D eigenvalue weighted by atomic mass is 10.0. The average Bonchev–Trinajstić information content (AvgIpc) is 3.28. The zero-order chi connectivity index (χ0) is 19.0. The van der Waals surface area contributed by atoms with Gasteiger partial charge in [-0.15, -0.1) is 0 Å². The first-order valence-corrected chi connectivity index (χ1v) is 8.89. The summed E-state index contributed by atoms with van der Waals surface area (Å²) < 4.78 is 19.1. The molecule has 0 atom stereocenters. The van der Waals surface area contributed by atoms with Crippen molar-refractivity contribution in [3.8, 4) is 5.75 Å². The lowest BCUT2D eigenvalue weighted by Gasteiger charge is -2.20. The molecule has 0 saturated carbocycles. The summed E-state index contributed by atoms with van der Waals surface area (Å²) in [6, 6.07) is 12.7. The SMILES string of the molecule is COc1ccccc1C1=C(N2CCCC2)C(=O)N(c2cccc(F)c2)C1=O. The first-order valence-electron chi connectivity index (χ1n) is 8.89. The quantitative estimate of drug-likeness (QED) is 0.780. The molecule has 2 aliphatic rings. The summed E-state index contributed by atoms with van der Waals surface area (Å²) >= 11 is 0. The van der Waals surface area contributed by atoms with Crippen molar-refractivity contribution in [3.05, 3.63) is 65.6 Å². The zero-order valence-corrected chi connectivity index (χ0v) is 14.9. The fourth-order valence-corrected chi connectivity index (χ4v) is 3.70. The normalized spacial score (nSPS) is 17.3. The predicted octanol–water partition coefficient (Wildman–Crippen LogP) is 3.21. The Kier molecular flexibility index (Phi) is 4.39. The van der Waals surface area contributed by atoms with E-state index >= 15 is 0 Å². The topological polar surface area (TPSA) is 49.9 Å². The van der Waals surface area contributed by atoms with Crippen LogP contribution in [0.4, 0.5) is 10.1 Å². The van der Waals surface area contributed by atoms with E-state index in [-0.39, 0.29) is 5.69 Å². The van der Waals surface area contributed by atoms with Crippen molar-refractivity contribution in [1.82, 2.24) is 4.90 Å². The van der Waals surface area contributed by atoms with Crippen LogP contribution in [0.3, 0.4) is 0 Å². The second-order valence-corrected chi connectivity index (χ2v) is 6.54. The molecule has 0 aliphatic carbocycles. The van der Waals surface area contributed by atoms with Crippen molar-refractivity contribution in [2.75, 3.05) is 25.1 Å². The molecule has 27 heavy (non-hydrogen) atoms. The maximum absolute atomic E-state index is 13.7. The number of hydrogen-bond acceptors (Lipinski definition) is 4. The number of imide groups is 1. The van der Waals surface area contributed by atoms with Gasteiger partial charge in [0.1, 0.15) is 17.3 Å². The molecule has 4 rings (SSSR count). The first-order chi connectivity index (χ1) is 13.1. The van der Waals surface area contributed by atoms with Crippen LogP contribution in [0.1, 0.15) is 18.4 Å². The van der Waals surface area contributed by atoms with E-state index in [0.717, 1.165) is 17.7 Å². The standard InChI is InChI=1S/C21H19FN2O3/c1-27-17-10-3-2-9-16(17)18-19(23-11-4-5-12-23)21(26)24(20(18)25)15-8-6-7-14(22)13-15/h2-3,6-10,13H,4-5,11-12H2,1H3. The minimum Gasteiger partial charge on any atom is -0.496 e. The van der Waals surface area contributed by atoms with E-state index in [4.69, 9.17) is 4.74 Å². The van der Waals surface area contributed by atoms with Gasteiger partial charge in [0.05, 0.1) is 18.4 Å². The van der Waals surface area contributed by atoms with Gasteiger partial charge in [-0.05, 0) is 37.1 Å². The fourth-order valence-electron chi connectivity index (χ4n) is 3.70. The minimum atomic E-state index is -0.499. The molecular weight excluding hydrogens is 347 g/mol. The van der Waals surface area contributed by atoms with Crippen molar-refractivity contribution in [1.29, 1.82) is 0 Å². The average molecular weight is 366 g/mol. The number of carbonyl (C=O) groups excluding carboxylic acids is 2. The van der Waals surface area contributed by atoms with E-state index in [1.165, 1.54) is 25.3 Å². The van der Waals surface area contributed by atoms with E-state index in [1.54, 1.807) is 24.3 Å². The third-order valence-electron chi connectivity index (χ3n) is 4.92. The molecule has 138 valence electrons. The summed E-state index contributed by atoms with van der Waals surface area (Å²) in [4.78, 5) is 29.5. The van der Waals surface area contributed by atoms with Gasteiger partial charge in [-0.3, -0.25) is 9.59 Å². The molecule has 0 aromatic heterocycles. The van der Waals surface area contributed by atoms with Gasteiger partial charge in [0.2, 0.25) is 0 Å². The van der Waals surface area contributed by atoms with Crippen LogP contribution < -0.4 is 9.64 Å². The Balaban J connectivity index is 1.88. The van der Waals surface area contributed by atoms with Crippen LogP contribution in [0, 0.1) is 5.82 Å². The molecule has 0 unspecified atom stereocenters. The van der Waals surface area contributed by atoms with E-state index in [9.17, 15) is 14.0 Å². The molecule has 0 bridgehead atoms. The van der Waals surface area contributed by atoms with E-state index in [1.807, 2.05) is 11.0 Å². The summed E-state index contributed by atoms with van der Waals surface area (Å²) in [5, 5.41) is 0. The van der Waals surface area contributed by atoms with E-state index in [0.29, 0.717) is 35.7 Å². The maximum atomic E-state index is 13.7. The highest BCUT2D eigenvalue weighted by Gasteiger charge is 2.43. The summed E-state index contributed by atoms with van der Waals surface area (Å²) in [7, 11) is 1.53. The van der Waals surface area contributed by atoms with Gasteiger partial charge in [-0.25, -0.2) is 9.29 Å². The van der Waals surface area contributed by atoms with Crippen molar-refractivity contribution < 1.29 is 18.7 Å². The summed E-state index contributed by atoms with van der Waals surface area (Å²) in [6.07, 6.45) is 1.92. The van der Waals surface area contributed by atoms with Crippen molar-refractivity contribution in [3.63, 3.8) is 0 Å². The molecular formula is C21H19FN2O3. The van der Waals surface area contributed by atoms with Gasteiger partial charge in [-0.2, -0.15) is 0 Å². The molecule has 0 spiro atoms. The molecule has 2 heterocycles. The number of nitrogens with zero attached hydrogens (tertiary/aromatic N) is 2. The highest BCUT2D eigenvalue weighted by molar-refractivity contribution is 6.45. The van der Waals surface area contributed by atoms with E-state index < -0.39 is 17.6 Å². The number of likely N-dealkylation sites (tertiary alicyclic amines) is 1.